The Morgan fingerprint density at radius 1 is 1.18 bits per heavy atom. The van der Waals surface area contributed by atoms with Crippen LogP contribution in [0.2, 0.25) is 0 Å². The maximum atomic E-state index is 5.53. The number of aryl methyl sites for hydroxylation is 1. The van der Waals surface area contributed by atoms with Gasteiger partial charge in [0, 0.05) is 24.7 Å². The molecule has 3 nitrogen and oxygen atoms in total. The molecule has 0 radical (unpaired) electrons. The molecular formula is C14H17N3. The number of hydrogen-bond acceptors (Lipinski definition) is 3. The van der Waals surface area contributed by atoms with Crippen molar-refractivity contribution >= 4 is 0 Å². The second kappa shape index (κ2) is 5.55. The fourth-order valence-corrected chi connectivity index (χ4v) is 1.79. The summed E-state index contributed by atoms with van der Waals surface area (Å²) in [6.45, 7) is 2.74. The van der Waals surface area contributed by atoms with Crippen LogP contribution in [0.3, 0.4) is 0 Å². The molecule has 1 aromatic heterocycles. The molecular weight excluding hydrogens is 210 g/mol. The van der Waals surface area contributed by atoms with E-state index in [4.69, 9.17) is 5.73 Å². The molecule has 0 atom stereocenters. The second-order valence-corrected chi connectivity index (χ2v) is 4.11. The van der Waals surface area contributed by atoms with Crippen molar-refractivity contribution in [2.75, 3.05) is 6.54 Å². The zero-order valence-corrected chi connectivity index (χ0v) is 10.1. The highest BCUT2D eigenvalue weighted by molar-refractivity contribution is 5.28. The summed E-state index contributed by atoms with van der Waals surface area (Å²) in [4.78, 5) is 8.81. The summed E-state index contributed by atoms with van der Waals surface area (Å²) < 4.78 is 0. The predicted octanol–water partition coefficient (Wildman–Crippen LogP) is 1.88. The average molecular weight is 227 g/mol. The van der Waals surface area contributed by atoms with Gasteiger partial charge in [0.25, 0.3) is 0 Å². The van der Waals surface area contributed by atoms with Crippen LogP contribution in [0, 0.1) is 6.92 Å². The van der Waals surface area contributed by atoms with E-state index < -0.39 is 0 Å². The molecule has 0 unspecified atom stereocenters. The molecule has 1 aromatic carbocycles. The first kappa shape index (κ1) is 11.7. The van der Waals surface area contributed by atoms with Gasteiger partial charge in [0.15, 0.2) is 0 Å². The van der Waals surface area contributed by atoms with E-state index in [0.29, 0.717) is 6.54 Å². The second-order valence-electron chi connectivity index (χ2n) is 4.11. The fourth-order valence-electron chi connectivity index (χ4n) is 1.79. The monoisotopic (exact) mass is 227 g/mol. The van der Waals surface area contributed by atoms with Gasteiger partial charge in [-0.15, -0.1) is 0 Å². The van der Waals surface area contributed by atoms with Gasteiger partial charge in [0.1, 0.15) is 5.82 Å². The Morgan fingerprint density at radius 2 is 2.00 bits per heavy atom. The zero-order chi connectivity index (χ0) is 12.1. The third kappa shape index (κ3) is 3.11. The minimum Gasteiger partial charge on any atom is -0.330 e. The van der Waals surface area contributed by atoms with E-state index in [9.17, 15) is 0 Å². The van der Waals surface area contributed by atoms with Crippen LogP contribution in [0.4, 0.5) is 0 Å². The largest absolute Gasteiger partial charge is 0.330 e. The highest BCUT2D eigenvalue weighted by Crippen LogP contribution is 2.11. The van der Waals surface area contributed by atoms with Crippen LogP contribution < -0.4 is 5.73 Å². The lowest BCUT2D eigenvalue weighted by Gasteiger charge is -2.05. The summed E-state index contributed by atoms with van der Waals surface area (Å²) >= 11 is 0. The van der Waals surface area contributed by atoms with Gasteiger partial charge in [-0.2, -0.15) is 0 Å². The highest BCUT2D eigenvalue weighted by atomic mass is 14.9. The summed E-state index contributed by atoms with van der Waals surface area (Å²) in [7, 11) is 0. The van der Waals surface area contributed by atoms with Gasteiger partial charge >= 0.3 is 0 Å². The van der Waals surface area contributed by atoms with Crippen LogP contribution in [0.1, 0.15) is 22.6 Å². The van der Waals surface area contributed by atoms with Gasteiger partial charge in [0.05, 0.1) is 0 Å². The van der Waals surface area contributed by atoms with E-state index >= 15 is 0 Å². The van der Waals surface area contributed by atoms with Gasteiger partial charge in [-0.25, -0.2) is 9.97 Å². The molecule has 3 heteroatoms. The molecule has 2 N–H and O–H groups in total. The minimum absolute atomic E-state index is 0.626. The molecule has 0 saturated carbocycles. The van der Waals surface area contributed by atoms with Crippen LogP contribution in [-0.4, -0.2) is 16.5 Å². The smallest absolute Gasteiger partial charge is 0.132 e. The lowest BCUT2D eigenvalue weighted by Crippen LogP contribution is -2.07. The van der Waals surface area contributed by atoms with Crippen LogP contribution in [0.25, 0.3) is 0 Å². The number of nitrogens with two attached hydrogens (primary N) is 1. The first-order valence-corrected chi connectivity index (χ1v) is 5.85. The van der Waals surface area contributed by atoms with Crippen molar-refractivity contribution in [1.82, 2.24) is 9.97 Å². The molecule has 88 valence electrons. The van der Waals surface area contributed by atoms with Crippen molar-refractivity contribution in [3.63, 3.8) is 0 Å². The van der Waals surface area contributed by atoms with Crippen molar-refractivity contribution in [1.29, 1.82) is 0 Å². The molecule has 1 heterocycles. The minimum atomic E-state index is 0.626. The summed E-state index contributed by atoms with van der Waals surface area (Å²) in [5.74, 6) is 0.866. The lowest BCUT2D eigenvalue weighted by molar-refractivity contribution is 0.864. The first-order chi connectivity index (χ1) is 8.29. The molecule has 0 amide bonds. The topological polar surface area (TPSA) is 51.8 Å². The van der Waals surface area contributed by atoms with Crippen LogP contribution in [0.15, 0.2) is 36.5 Å². The molecule has 0 aliphatic heterocycles. The van der Waals surface area contributed by atoms with Gasteiger partial charge in [0.2, 0.25) is 0 Å². The average Bonchev–Trinajstić information content (AvgIpc) is 2.33. The Bertz CT molecular complexity index is 494. The molecule has 2 aromatic rings. The van der Waals surface area contributed by atoms with Gasteiger partial charge in [-0.1, -0.05) is 24.3 Å². The highest BCUT2D eigenvalue weighted by Gasteiger charge is 2.03. The molecule has 2 rings (SSSR count). The molecule has 0 saturated heterocycles. The standard InChI is InChI=1S/C14H17N3/c1-11-4-2-3-5-12(11)10-14-16-9-7-13(17-14)6-8-15/h2-5,7,9H,6,8,10,15H2,1H3. The first-order valence-electron chi connectivity index (χ1n) is 5.85. The number of hydrogen-bond donors (Lipinski definition) is 1. The van der Waals surface area contributed by atoms with Crippen molar-refractivity contribution in [3.8, 4) is 0 Å². The molecule has 0 fully saturated rings. The Labute approximate surface area is 102 Å². The third-order valence-electron chi connectivity index (χ3n) is 2.77. The number of rotatable bonds is 4. The van der Waals surface area contributed by atoms with E-state index in [-0.39, 0.29) is 0 Å². The summed E-state index contributed by atoms with van der Waals surface area (Å²) in [5.41, 5.74) is 9.10. The maximum absolute atomic E-state index is 5.53. The quantitative estimate of drug-likeness (QED) is 0.867. The summed E-state index contributed by atoms with van der Waals surface area (Å²) in [5, 5.41) is 0. The van der Waals surface area contributed by atoms with Crippen LogP contribution in [-0.2, 0) is 12.8 Å². The normalized spacial score (nSPS) is 10.5. The summed E-state index contributed by atoms with van der Waals surface area (Å²) in [6, 6.07) is 10.2. The number of aromatic nitrogens is 2. The molecule has 0 aliphatic rings. The van der Waals surface area contributed by atoms with E-state index in [0.717, 1.165) is 24.4 Å². The fraction of sp³-hybridized carbons (Fsp3) is 0.286. The molecule has 0 bridgehead atoms. The van der Waals surface area contributed by atoms with Gasteiger partial charge < -0.3 is 5.73 Å². The lowest BCUT2D eigenvalue weighted by atomic mass is 10.1. The van der Waals surface area contributed by atoms with Crippen LogP contribution in [0.5, 0.6) is 0 Å². The van der Waals surface area contributed by atoms with Crippen molar-refractivity contribution in [2.24, 2.45) is 5.73 Å². The maximum Gasteiger partial charge on any atom is 0.132 e. The Hall–Kier alpha value is -1.74. The SMILES string of the molecule is Cc1ccccc1Cc1nccc(CCN)n1. The van der Waals surface area contributed by atoms with Crippen molar-refractivity contribution in [2.45, 2.75) is 19.8 Å². The number of nitrogens with zero attached hydrogens (tertiary/aromatic N) is 2. The van der Waals surface area contributed by atoms with Gasteiger partial charge in [-0.3, -0.25) is 0 Å². The van der Waals surface area contributed by atoms with Crippen LogP contribution >= 0.6 is 0 Å². The van der Waals surface area contributed by atoms with E-state index in [2.05, 4.69) is 29.0 Å². The van der Waals surface area contributed by atoms with E-state index in [1.54, 1.807) is 0 Å². The predicted molar refractivity (Wildman–Crippen MR) is 68.8 cm³/mol. The zero-order valence-electron chi connectivity index (χ0n) is 10.1. The van der Waals surface area contributed by atoms with E-state index in [1.807, 2.05) is 24.4 Å². The van der Waals surface area contributed by atoms with Crippen molar-refractivity contribution in [3.05, 3.63) is 59.2 Å². The Morgan fingerprint density at radius 3 is 2.76 bits per heavy atom. The van der Waals surface area contributed by atoms with Crippen molar-refractivity contribution < 1.29 is 0 Å². The summed E-state index contributed by atoms with van der Waals surface area (Å²) in [6.07, 6.45) is 3.40. The molecule has 0 aliphatic carbocycles. The molecule has 17 heavy (non-hydrogen) atoms. The Balaban J connectivity index is 2.18. The Kier molecular flexibility index (Phi) is 3.83. The van der Waals surface area contributed by atoms with E-state index in [1.165, 1.54) is 11.1 Å². The van der Waals surface area contributed by atoms with Gasteiger partial charge in [-0.05, 0) is 30.7 Å². The number of benzene rings is 1. The third-order valence-corrected chi connectivity index (χ3v) is 2.77. The molecule has 0 spiro atoms.